The number of rotatable bonds is 4. The molecule has 4 aromatic rings. The monoisotopic (exact) mass is 447 g/mol. The van der Waals surface area contributed by atoms with E-state index in [9.17, 15) is 0 Å². The lowest BCUT2D eigenvalue weighted by Crippen LogP contribution is -2.34. The molecule has 2 fully saturated rings. The first-order chi connectivity index (χ1) is 16.1. The molecule has 172 valence electrons. The minimum atomic E-state index is 0.222. The third kappa shape index (κ3) is 3.45. The fourth-order valence-electron chi connectivity index (χ4n) is 5.22. The quantitative estimate of drug-likeness (QED) is 0.509. The van der Waals surface area contributed by atoms with Crippen molar-refractivity contribution < 1.29 is 4.74 Å². The van der Waals surface area contributed by atoms with Gasteiger partial charge in [0, 0.05) is 37.1 Å². The zero-order valence-corrected chi connectivity index (χ0v) is 19.1. The van der Waals surface area contributed by atoms with Crippen LogP contribution in [-0.4, -0.2) is 74.6 Å². The highest BCUT2D eigenvalue weighted by Crippen LogP contribution is 2.32. The predicted molar refractivity (Wildman–Crippen MR) is 127 cm³/mol. The van der Waals surface area contributed by atoms with Crippen molar-refractivity contribution in [1.29, 1.82) is 0 Å². The Morgan fingerprint density at radius 1 is 1.12 bits per heavy atom. The van der Waals surface area contributed by atoms with Gasteiger partial charge < -0.3 is 20.3 Å². The Labute approximate surface area is 191 Å². The third-order valence-corrected chi connectivity index (χ3v) is 7.01. The fourth-order valence-corrected chi connectivity index (χ4v) is 5.22. The molecule has 2 saturated heterocycles. The number of hydrogen-bond acceptors (Lipinski definition) is 8. The third-order valence-electron chi connectivity index (χ3n) is 7.01. The van der Waals surface area contributed by atoms with Crippen molar-refractivity contribution in [3.63, 3.8) is 0 Å². The van der Waals surface area contributed by atoms with Crippen molar-refractivity contribution in [2.24, 2.45) is 0 Å². The van der Waals surface area contributed by atoms with E-state index in [-0.39, 0.29) is 5.92 Å². The number of para-hydroxylation sites is 1. The number of hydrogen-bond donors (Lipinski definition) is 1. The van der Waals surface area contributed by atoms with Gasteiger partial charge in [-0.05, 0) is 45.0 Å². The van der Waals surface area contributed by atoms with Gasteiger partial charge >= 0.3 is 0 Å². The molecular formula is C23H29N9O. The Bertz CT molecular complexity index is 1310. The number of nitrogens with two attached hydrogens (primary N) is 1. The van der Waals surface area contributed by atoms with Crippen molar-refractivity contribution in [1.82, 2.24) is 34.3 Å². The highest BCUT2D eigenvalue weighted by Gasteiger charge is 2.28. The van der Waals surface area contributed by atoms with Crippen LogP contribution < -0.4 is 15.4 Å². The molecular weight excluding hydrogens is 418 g/mol. The van der Waals surface area contributed by atoms with E-state index in [0.717, 1.165) is 62.3 Å². The molecule has 0 bridgehead atoms. The molecule has 2 aliphatic heterocycles. The minimum absolute atomic E-state index is 0.222. The molecule has 0 saturated carbocycles. The summed E-state index contributed by atoms with van der Waals surface area (Å²) in [6.45, 7) is 4.07. The topological polar surface area (TPSA) is 103 Å². The van der Waals surface area contributed by atoms with E-state index < -0.39 is 0 Å². The first-order valence-corrected chi connectivity index (χ1v) is 11.6. The van der Waals surface area contributed by atoms with Gasteiger partial charge in [0.2, 0.25) is 5.95 Å². The van der Waals surface area contributed by atoms with Crippen LogP contribution in [0, 0.1) is 0 Å². The van der Waals surface area contributed by atoms with E-state index in [0.29, 0.717) is 23.3 Å². The maximum absolute atomic E-state index is 6.25. The number of likely N-dealkylation sites (tertiary alicyclic amines) is 1. The molecule has 2 atom stereocenters. The van der Waals surface area contributed by atoms with Crippen molar-refractivity contribution in [2.45, 2.75) is 31.2 Å². The highest BCUT2D eigenvalue weighted by molar-refractivity contribution is 5.95. The molecule has 0 unspecified atom stereocenters. The molecule has 1 aromatic carbocycles. The summed E-state index contributed by atoms with van der Waals surface area (Å²) in [6.07, 6.45) is 7.48. The van der Waals surface area contributed by atoms with Gasteiger partial charge in [-0.1, -0.05) is 6.07 Å². The Kier molecular flexibility index (Phi) is 4.83. The lowest BCUT2D eigenvalue weighted by atomic mass is 9.97. The van der Waals surface area contributed by atoms with Crippen LogP contribution in [0.2, 0.25) is 0 Å². The van der Waals surface area contributed by atoms with Gasteiger partial charge in [0.15, 0.2) is 11.5 Å². The number of ether oxygens (including phenoxy) is 1. The summed E-state index contributed by atoms with van der Waals surface area (Å²) in [5, 5.41) is 10.3. The Balaban J connectivity index is 1.29. The molecule has 0 aliphatic carbocycles. The zero-order valence-electron chi connectivity index (χ0n) is 19.1. The van der Waals surface area contributed by atoms with Crippen LogP contribution in [-0.2, 0) is 0 Å². The molecule has 0 radical (unpaired) electrons. The molecule has 33 heavy (non-hydrogen) atoms. The van der Waals surface area contributed by atoms with Crippen LogP contribution >= 0.6 is 0 Å². The van der Waals surface area contributed by atoms with Crippen LogP contribution in [0.25, 0.3) is 16.6 Å². The van der Waals surface area contributed by atoms with Gasteiger partial charge in [-0.15, -0.1) is 5.10 Å². The number of methoxy groups -OCH3 is 1. The molecule has 10 nitrogen and oxygen atoms in total. The van der Waals surface area contributed by atoms with E-state index in [1.54, 1.807) is 11.6 Å². The van der Waals surface area contributed by atoms with E-state index in [1.807, 2.05) is 24.4 Å². The Morgan fingerprint density at radius 3 is 2.85 bits per heavy atom. The number of aromatic nitrogens is 6. The van der Waals surface area contributed by atoms with Gasteiger partial charge in [-0.3, -0.25) is 4.68 Å². The van der Waals surface area contributed by atoms with Gasteiger partial charge in [0.05, 0.1) is 25.0 Å². The fraction of sp³-hybridized carbons (Fsp3) is 0.478. The lowest BCUT2D eigenvalue weighted by Gasteiger charge is -2.32. The van der Waals surface area contributed by atoms with E-state index in [1.165, 1.54) is 5.69 Å². The number of anilines is 2. The van der Waals surface area contributed by atoms with Crippen molar-refractivity contribution in [3.8, 4) is 5.75 Å². The van der Waals surface area contributed by atoms with Crippen LogP contribution in [0.5, 0.6) is 5.75 Å². The summed E-state index contributed by atoms with van der Waals surface area (Å²) in [5.41, 5.74) is 8.86. The minimum Gasteiger partial charge on any atom is -0.494 e. The standard InChI is InChI=1S/C23H29N9O/c1-29-10-8-16(13-29)31-14-17(11-25-31)30-9-4-5-15(12-30)21-27-22-18-6-3-7-19(33-2)20(18)26-23(24)32(22)28-21/h3,6-7,11,14-16H,4-5,8-10,12-13H2,1-2H3,(H2,24,26)/t15-,16+/m1/s1. The number of fused-ring (bicyclic) bond motifs is 3. The SMILES string of the molecule is COc1cccc2c1nc(N)n1nc([C@@H]3CCCN(c4cnn([C@H]5CCN(C)C5)c4)C3)nc21. The summed E-state index contributed by atoms with van der Waals surface area (Å²) >= 11 is 0. The van der Waals surface area contributed by atoms with Crippen LogP contribution in [0.3, 0.4) is 0 Å². The molecule has 2 aliphatic rings. The summed E-state index contributed by atoms with van der Waals surface area (Å²) in [5.74, 6) is 2.03. The molecule has 0 amide bonds. The van der Waals surface area contributed by atoms with Crippen LogP contribution in [0.4, 0.5) is 11.6 Å². The normalized spacial score (nSPS) is 21.9. The number of piperidine rings is 1. The first-order valence-electron chi connectivity index (χ1n) is 11.6. The number of nitrogen functional groups attached to an aromatic ring is 1. The van der Waals surface area contributed by atoms with E-state index in [4.69, 9.17) is 20.6 Å². The predicted octanol–water partition coefficient (Wildman–Crippen LogP) is 2.33. The molecule has 6 rings (SSSR count). The largest absolute Gasteiger partial charge is 0.494 e. The molecule has 10 heteroatoms. The Morgan fingerprint density at radius 2 is 2.03 bits per heavy atom. The van der Waals surface area contributed by atoms with E-state index in [2.05, 4.69) is 37.8 Å². The van der Waals surface area contributed by atoms with Crippen LogP contribution in [0.1, 0.15) is 37.0 Å². The average molecular weight is 448 g/mol. The number of benzene rings is 1. The summed E-state index contributed by atoms with van der Waals surface area (Å²) in [4.78, 5) is 14.2. The van der Waals surface area contributed by atoms with Gasteiger partial charge in [0.25, 0.3) is 0 Å². The van der Waals surface area contributed by atoms with Crippen LogP contribution in [0.15, 0.2) is 30.6 Å². The summed E-state index contributed by atoms with van der Waals surface area (Å²) in [6, 6.07) is 6.27. The smallest absolute Gasteiger partial charge is 0.223 e. The van der Waals surface area contributed by atoms with Gasteiger partial charge in [-0.2, -0.15) is 9.61 Å². The molecule has 5 heterocycles. The first kappa shape index (κ1) is 20.2. The molecule has 3 aromatic heterocycles. The maximum atomic E-state index is 6.25. The van der Waals surface area contributed by atoms with Crippen molar-refractivity contribution >= 4 is 28.2 Å². The second-order valence-corrected chi connectivity index (χ2v) is 9.20. The zero-order chi connectivity index (χ0) is 22.5. The van der Waals surface area contributed by atoms with Crippen molar-refractivity contribution in [2.75, 3.05) is 51.0 Å². The van der Waals surface area contributed by atoms with E-state index >= 15 is 0 Å². The summed E-state index contributed by atoms with van der Waals surface area (Å²) < 4.78 is 9.26. The van der Waals surface area contributed by atoms with Crippen molar-refractivity contribution in [3.05, 3.63) is 36.4 Å². The molecule has 0 spiro atoms. The van der Waals surface area contributed by atoms with Gasteiger partial charge in [-0.25, -0.2) is 9.97 Å². The lowest BCUT2D eigenvalue weighted by molar-refractivity contribution is 0.382. The van der Waals surface area contributed by atoms with Gasteiger partial charge in [0.1, 0.15) is 11.3 Å². The average Bonchev–Trinajstić information content (AvgIpc) is 3.58. The second-order valence-electron chi connectivity index (χ2n) is 9.20. The Hall–Kier alpha value is -3.40. The maximum Gasteiger partial charge on any atom is 0.223 e. The summed E-state index contributed by atoms with van der Waals surface area (Å²) in [7, 11) is 3.80. The molecule has 2 N–H and O–H groups in total. The number of likely N-dealkylation sites (N-methyl/N-ethyl adjacent to an activating group) is 1. The number of nitrogens with zero attached hydrogens (tertiary/aromatic N) is 8. The highest BCUT2D eigenvalue weighted by atomic mass is 16.5. The second kappa shape index (κ2) is 7.87.